The molecule has 3 aromatic rings. The average molecular weight is 411 g/mol. The second-order valence-electron chi connectivity index (χ2n) is 6.68. The van der Waals surface area contributed by atoms with Gasteiger partial charge in [-0.2, -0.15) is 0 Å². The summed E-state index contributed by atoms with van der Waals surface area (Å²) in [4.78, 5) is 14.5. The van der Waals surface area contributed by atoms with Gasteiger partial charge in [-0.05, 0) is 25.0 Å². The van der Waals surface area contributed by atoms with Crippen molar-refractivity contribution in [2.75, 3.05) is 18.9 Å². The molecule has 0 bridgehead atoms. The summed E-state index contributed by atoms with van der Waals surface area (Å²) in [5, 5.41) is 18.8. The lowest BCUT2D eigenvalue weighted by molar-refractivity contribution is -0.129. The SMILES string of the molecule is CCn1c(SCC(=O)N(CCO)Cc2ccccc2)nnc1-c1ccccc1C. The van der Waals surface area contributed by atoms with Crippen molar-refractivity contribution in [2.24, 2.45) is 0 Å². The number of hydrogen-bond acceptors (Lipinski definition) is 5. The molecular weight excluding hydrogens is 384 g/mol. The van der Waals surface area contributed by atoms with E-state index in [-0.39, 0.29) is 18.3 Å². The van der Waals surface area contributed by atoms with Gasteiger partial charge in [0.15, 0.2) is 11.0 Å². The molecule has 6 nitrogen and oxygen atoms in total. The summed E-state index contributed by atoms with van der Waals surface area (Å²) in [6.07, 6.45) is 0. The number of amides is 1. The Morgan fingerprint density at radius 3 is 2.52 bits per heavy atom. The summed E-state index contributed by atoms with van der Waals surface area (Å²) < 4.78 is 2.04. The summed E-state index contributed by atoms with van der Waals surface area (Å²) in [6.45, 7) is 5.55. The molecule has 0 aliphatic heterocycles. The van der Waals surface area contributed by atoms with Crippen molar-refractivity contribution in [3.05, 3.63) is 65.7 Å². The van der Waals surface area contributed by atoms with Crippen LogP contribution < -0.4 is 0 Å². The zero-order valence-corrected chi connectivity index (χ0v) is 17.6. The number of aliphatic hydroxyl groups is 1. The highest BCUT2D eigenvalue weighted by atomic mass is 32.2. The highest BCUT2D eigenvalue weighted by molar-refractivity contribution is 7.99. The minimum Gasteiger partial charge on any atom is -0.395 e. The molecular formula is C22H26N4O2S. The van der Waals surface area contributed by atoms with Crippen LogP contribution in [0.25, 0.3) is 11.4 Å². The quantitative estimate of drug-likeness (QED) is 0.548. The predicted molar refractivity (Wildman–Crippen MR) is 116 cm³/mol. The smallest absolute Gasteiger partial charge is 0.233 e. The monoisotopic (exact) mass is 410 g/mol. The van der Waals surface area contributed by atoms with E-state index in [0.29, 0.717) is 13.1 Å². The lowest BCUT2D eigenvalue weighted by Gasteiger charge is -2.21. The standard InChI is InChI=1S/C22H26N4O2S/c1-3-26-21(19-12-8-7-9-17(19)2)23-24-22(26)29-16-20(28)25(13-14-27)15-18-10-5-4-6-11-18/h4-12,27H,3,13-16H2,1-2H3. The fourth-order valence-corrected chi connectivity index (χ4v) is 4.04. The number of benzene rings is 2. The minimum atomic E-state index is -0.0637. The zero-order valence-electron chi connectivity index (χ0n) is 16.8. The Balaban J connectivity index is 1.71. The molecule has 1 amide bonds. The largest absolute Gasteiger partial charge is 0.395 e. The molecule has 2 aromatic carbocycles. The average Bonchev–Trinajstić information content (AvgIpc) is 3.15. The molecule has 1 aromatic heterocycles. The second-order valence-corrected chi connectivity index (χ2v) is 7.62. The molecule has 152 valence electrons. The predicted octanol–water partition coefficient (Wildman–Crippen LogP) is 3.39. The van der Waals surface area contributed by atoms with Crippen molar-refractivity contribution in [1.29, 1.82) is 0 Å². The Labute approximate surface area is 175 Å². The first kappa shape index (κ1) is 21.1. The second kappa shape index (κ2) is 10.2. The number of carbonyl (C=O) groups is 1. The number of nitrogens with zero attached hydrogens (tertiary/aromatic N) is 4. The molecule has 0 fully saturated rings. The third kappa shape index (κ3) is 5.25. The maximum absolute atomic E-state index is 12.8. The maximum Gasteiger partial charge on any atom is 0.233 e. The van der Waals surface area contributed by atoms with Crippen molar-refractivity contribution >= 4 is 17.7 Å². The topological polar surface area (TPSA) is 71.2 Å². The zero-order chi connectivity index (χ0) is 20.6. The van der Waals surface area contributed by atoms with E-state index in [0.717, 1.165) is 34.2 Å². The van der Waals surface area contributed by atoms with Crippen LogP contribution in [0.3, 0.4) is 0 Å². The molecule has 0 radical (unpaired) electrons. The first-order valence-corrected chi connectivity index (χ1v) is 10.7. The minimum absolute atomic E-state index is 0.0315. The molecule has 0 atom stereocenters. The fourth-order valence-electron chi connectivity index (χ4n) is 3.14. The number of rotatable bonds is 9. The fraction of sp³-hybridized carbons (Fsp3) is 0.318. The van der Waals surface area contributed by atoms with E-state index in [9.17, 15) is 9.90 Å². The third-order valence-electron chi connectivity index (χ3n) is 4.68. The van der Waals surface area contributed by atoms with Crippen LogP contribution >= 0.6 is 11.8 Å². The number of thioether (sulfide) groups is 1. The van der Waals surface area contributed by atoms with Crippen LogP contribution in [-0.2, 0) is 17.9 Å². The van der Waals surface area contributed by atoms with E-state index in [4.69, 9.17) is 0 Å². The molecule has 1 N–H and O–H groups in total. The summed E-state index contributed by atoms with van der Waals surface area (Å²) in [5.41, 5.74) is 3.23. The molecule has 0 saturated carbocycles. The van der Waals surface area contributed by atoms with Gasteiger partial charge in [-0.25, -0.2) is 0 Å². The van der Waals surface area contributed by atoms with Crippen LogP contribution in [0, 0.1) is 6.92 Å². The van der Waals surface area contributed by atoms with E-state index in [2.05, 4.69) is 23.2 Å². The van der Waals surface area contributed by atoms with Crippen LogP contribution in [0.4, 0.5) is 0 Å². The molecule has 0 unspecified atom stereocenters. The first-order valence-electron chi connectivity index (χ1n) is 9.68. The van der Waals surface area contributed by atoms with E-state index in [1.807, 2.05) is 60.0 Å². The van der Waals surface area contributed by atoms with E-state index >= 15 is 0 Å². The highest BCUT2D eigenvalue weighted by Gasteiger charge is 2.18. The summed E-state index contributed by atoms with van der Waals surface area (Å²) in [6, 6.07) is 17.9. The Kier molecular flexibility index (Phi) is 7.43. The molecule has 3 rings (SSSR count). The Bertz CT molecular complexity index is 943. The lowest BCUT2D eigenvalue weighted by Crippen LogP contribution is -2.34. The Morgan fingerprint density at radius 1 is 1.10 bits per heavy atom. The van der Waals surface area contributed by atoms with Crippen LogP contribution in [0.5, 0.6) is 0 Å². The van der Waals surface area contributed by atoms with Gasteiger partial charge in [0.05, 0.1) is 12.4 Å². The number of aliphatic hydroxyl groups excluding tert-OH is 1. The number of hydrogen-bond donors (Lipinski definition) is 1. The van der Waals surface area contributed by atoms with Crippen LogP contribution in [0.15, 0.2) is 59.8 Å². The number of aryl methyl sites for hydroxylation is 1. The summed E-state index contributed by atoms with van der Waals surface area (Å²) in [7, 11) is 0. The van der Waals surface area contributed by atoms with Gasteiger partial charge in [0.2, 0.25) is 5.91 Å². The van der Waals surface area contributed by atoms with Crippen molar-refractivity contribution in [1.82, 2.24) is 19.7 Å². The van der Waals surface area contributed by atoms with Gasteiger partial charge in [-0.1, -0.05) is 66.4 Å². The number of carbonyl (C=O) groups excluding carboxylic acids is 1. The summed E-state index contributed by atoms with van der Waals surface area (Å²) in [5.74, 6) is 1.03. The number of aromatic nitrogens is 3. The Hall–Kier alpha value is -2.64. The van der Waals surface area contributed by atoms with Crippen LogP contribution in [0.1, 0.15) is 18.1 Å². The molecule has 0 aliphatic carbocycles. The van der Waals surface area contributed by atoms with Gasteiger partial charge in [0.1, 0.15) is 0 Å². The van der Waals surface area contributed by atoms with Gasteiger partial charge < -0.3 is 14.6 Å². The molecule has 7 heteroatoms. The Morgan fingerprint density at radius 2 is 1.83 bits per heavy atom. The summed E-state index contributed by atoms with van der Waals surface area (Å²) >= 11 is 1.38. The van der Waals surface area contributed by atoms with Crippen molar-refractivity contribution in [3.8, 4) is 11.4 Å². The highest BCUT2D eigenvalue weighted by Crippen LogP contribution is 2.26. The van der Waals surface area contributed by atoms with Gasteiger partial charge >= 0.3 is 0 Å². The van der Waals surface area contributed by atoms with E-state index < -0.39 is 0 Å². The van der Waals surface area contributed by atoms with Crippen LogP contribution in [0.2, 0.25) is 0 Å². The van der Waals surface area contributed by atoms with Crippen molar-refractivity contribution in [3.63, 3.8) is 0 Å². The molecule has 29 heavy (non-hydrogen) atoms. The lowest BCUT2D eigenvalue weighted by atomic mass is 10.1. The third-order valence-corrected chi connectivity index (χ3v) is 5.63. The van der Waals surface area contributed by atoms with Crippen molar-refractivity contribution in [2.45, 2.75) is 32.1 Å². The van der Waals surface area contributed by atoms with E-state index in [1.165, 1.54) is 11.8 Å². The van der Waals surface area contributed by atoms with Crippen LogP contribution in [-0.4, -0.2) is 49.6 Å². The van der Waals surface area contributed by atoms with Gasteiger partial charge in [-0.15, -0.1) is 10.2 Å². The van der Waals surface area contributed by atoms with E-state index in [1.54, 1.807) is 4.90 Å². The van der Waals surface area contributed by atoms with Gasteiger partial charge in [0.25, 0.3) is 0 Å². The molecule has 1 heterocycles. The van der Waals surface area contributed by atoms with Crippen molar-refractivity contribution < 1.29 is 9.90 Å². The maximum atomic E-state index is 12.8. The normalized spacial score (nSPS) is 10.9. The molecule has 0 saturated heterocycles. The molecule has 0 aliphatic rings. The first-order chi connectivity index (χ1) is 14.1. The molecule has 0 spiro atoms. The van der Waals surface area contributed by atoms with Gasteiger partial charge in [-0.3, -0.25) is 4.79 Å². The van der Waals surface area contributed by atoms with Gasteiger partial charge in [0, 0.05) is 25.2 Å².